The molecule has 1 heterocycles. The van der Waals surface area contributed by atoms with Crippen LogP contribution in [0.3, 0.4) is 0 Å². The zero-order valence-corrected chi connectivity index (χ0v) is 16.7. The first-order chi connectivity index (χ1) is 14.5. The van der Waals surface area contributed by atoms with E-state index in [0.717, 1.165) is 48.6 Å². The highest BCUT2D eigenvalue weighted by Gasteiger charge is 2.20. The van der Waals surface area contributed by atoms with Crippen molar-refractivity contribution in [2.24, 2.45) is 0 Å². The molecule has 1 aliphatic rings. The van der Waals surface area contributed by atoms with Crippen LogP contribution in [0.5, 0.6) is 5.75 Å². The van der Waals surface area contributed by atoms with Gasteiger partial charge in [-0.3, -0.25) is 10.1 Å². The summed E-state index contributed by atoms with van der Waals surface area (Å²) in [6.07, 6.45) is 4.21. The normalized spacial score (nSPS) is 12.3. The van der Waals surface area contributed by atoms with Crippen molar-refractivity contribution in [2.45, 2.75) is 39.0 Å². The van der Waals surface area contributed by atoms with Crippen LogP contribution in [0.2, 0.25) is 0 Å². The van der Waals surface area contributed by atoms with Crippen LogP contribution in [0, 0.1) is 0 Å². The summed E-state index contributed by atoms with van der Waals surface area (Å²) < 4.78 is 15.5. The minimum Gasteiger partial charge on any atom is -0.482 e. The lowest BCUT2D eigenvalue weighted by molar-refractivity contribution is -0.150. The van der Waals surface area contributed by atoms with E-state index in [9.17, 15) is 19.2 Å². The molecule has 0 radical (unpaired) electrons. The summed E-state index contributed by atoms with van der Waals surface area (Å²) in [4.78, 5) is 46.9. The number of benzene rings is 1. The third kappa shape index (κ3) is 5.37. The van der Waals surface area contributed by atoms with Crippen LogP contribution < -0.4 is 21.0 Å². The summed E-state index contributed by atoms with van der Waals surface area (Å²) in [5.74, 6) is -1.17. The van der Waals surface area contributed by atoms with E-state index in [-0.39, 0.29) is 5.63 Å². The lowest BCUT2D eigenvalue weighted by Crippen LogP contribution is -2.41. The molecular weight excluding hydrogens is 392 g/mol. The van der Waals surface area contributed by atoms with Gasteiger partial charge in [-0.25, -0.2) is 14.4 Å². The molecule has 0 saturated heterocycles. The molecule has 1 aliphatic carbocycles. The Morgan fingerprint density at radius 3 is 2.73 bits per heavy atom. The molecule has 160 valence electrons. The van der Waals surface area contributed by atoms with Crippen molar-refractivity contribution in [3.05, 3.63) is 39.7 Å². The van der Waals surface area contributed by atoms with Gasteiger partial charge in [0.1, 0.15) is 11.3 Å². The number of urea groups is 1. The first-order valence-corrected chi connectivity index (χ1v) is 9.92. The minimum atomic E-state index is -0.771. The number of fused-ring (bicyclic) bond motifs is 3. The third-order valence-corrected chi connectivity index (χ3v) is 4.73. The van der Waals surface area contributed by atoms with E-state index < -0.39 is 31.1 Å². The Morgan fingerprint density at radius 2 is 1.93 bits per heavy atom. The molecule has 0 saturated carbocycles. The molecule has 2 N–H and O–H groups in total. The highest BCUT2D eigenvalue weighted by atomic mass is 16.6. The number of amides is 3. The molecule has 3 amide bonds. The fourth-order valence-corrected chi connectivity index (χ4v) is 3.27. The summed E-state index contributed by atoms with van der Waals surface area (Å²) in [6.45, 7) is 1.41. The predicted octanol–water partition coefficient (Wildman–Crippen LogP) is 1.83. The van der Waals surface area contributed by atoms with Crippen molar-refractivity contribution in [2.75, 3.05) is 19.8 Å². The van der Waals surface area contributed by atoms with Gasteiger partial charge in [-0.05, 0) is 43.4 Å². The molecule has 0 aliphatic heterocycles. The van der Waals surface area contributed by atoms with E-state index in [4.69, 9.17) is 13.9 Å². The van der Waals surface area contributed by atoms with Gasteiger partial charge in [-0.15, -0.1) is 0 Å². The zero-order valence-electron chi connectivity index (χ0n) is 16.7. The molecule has 0 atom stereocenters. The monoisotopic (exact) mass is 416 g/mol. The average Bonchev–Trinajstić information content (AvgIpc) is 3.21. The Bertz CT molecular complexity index is 1010. The van der Waals surface area contributed by atoms with Crippen molar-refractivity contribution in [3.63, 3.8) is 0 Å². The Balaban J connectivity index is 1.47. The van der Waals surface area contributed by atoms with Crippen molar-refractivity contribution in [1.82, 2.24) is 10.6 Å². The predicted molar refractivity (Wildman–Crippen MR) is 107 cm³/mol. The molecule has 3 rings (SSSR count). The molecular formula is C21H24N2O7. The Morgan fingerprint density at radius 1 is 1.13 bits per heavy atom. The van der Waals surface area contributed by atoms with Crippen molar-refractivity contribution in [3.8, 4) is 5.75 Å². The summed E-state index contributed by atoms with van der Waals surface area (Å²) in [6, 6.07) is 4.40. The summed E-state index contributed by atoms with van der Waals surface area (Å²) >= 11 is 0. The van der Waals surface area contributed by atoms with Gasteiger partial charge in [0.2, 0.25) is 0 Å². The maximum atomic E-state index is 12.1. The number of rotatable bonds is 8. The van der Waals surface area contributed by atoms with Crippen LogP contribution in [0.1, 0.15) is 37.3 Å². The van der Waals surface area contributed by atoms with Crippen molar-refractivity contribution >= 4 is 28.9 Å². The molecule has 1 aromatic carbocycles. The second-order valence-corrected chi connectivity index (χ2v) is 6.97. The Kier molecular flexibility index (Phi) is 7.05. The lowest BCUT2D eigenvalue weighted by Gasteiger charge is -2.09. The maximum absolute atomic E-state index is 12.1. The molecule has 1 aromatic heterocycles. The van der Waals surface area contributed by atoms with Gasteiger partial charge in [0.05, 0.1) is 0 Å². The van der Waals surface area contributed by atoms with Crippen LogP contribution in [-0.4, -0.2) is 37.7 Å². The molecule has 0 spiro atoms. The lowest BCUT2D eigenvalue weighted by atomic mass is 10.1. The van der Waals surface area contributed by atoms with Gasteiger partial charge in [0.25, 0.3) is 5.91 Å². The molecule has 9 nitrogen and oxygen atoms in total. The van der Waals surface area contributed by atoms with Crippen molar-refractivity contribution in [1.29, 1.82) is 0 Å². The third-order valence-electron chi connectivity index (χ3n) is 4.73. The summed E-state index contributed by atoms with van der Waals surface area (Å²) in [5.41, 5.74) is 1.81. The molecule has 0 fully saturated rings. The van der Waals surface area contributed by atoms with E-state index in [0.29, 0.717) is 17.9 Å². The van der Waals surface area contributed by atoms with Gasteiger partial charge in [-0.1, -0.05) is 13.3 Å². The largest absolute Gasteiger partial charge is 0.482 e. The van der Waals surface area contributed by atoms with E-state index in [1.54, 1.807) is 18.2 Å². The first kappa shape index (κ1) is 21.4. The number of hydrogen-bond donors (Lipinski definition) is 2. The topological polar surface area (TPSA) is 124 Å². The second kappa shape index (κ2) is 9.91. The van der Waals surface area contributed by atoms with E-state index in [2.05, 4.69) is 10.6 Å². The van der Waals surface area contributed by atoms with Crippen LogP contribution in [0.4, 0.5) is 4.79 Å². The van der Waals surface area contributed by atoms with Crippen LogP contribution in [0.25, 0.3) is 11.0 Å². The van der Waals surface area contributed by atoms with E-state index in [1.165, 1.54) is 0 Å². The smallest absolute Gasteiger partial charge is 0.344 e. The van der Waals surface area contributed by atoms with E-state index >= 15 is 0 Å². The number of aryl methyl sites for hydroxylation is 1. The number of hydrogen-bond acceptors (Lipinski definition) is 7. The number of ether oxygens (including phenoxy) is 2. The Hall–Kier alpha value is -3.36. The molecule has 0 bridgehead atoms. The SMILES string of the molecule is CCCCNC(=O)NC(=O)COC(=O)COc1ccc2c3c(c(=O)oc2c1)CCC3. The highest BCUT2D eigenvalue weighted by molar-refractivity contribution is 5.95. The van der Waals surface area contributed by atoms with Crippen LogP contribution in [0.15, 0.2) is 27.4 Å². The van der Waals surface area contributed by atoms with Crippen LogP contribution in [-0.2, 0) is 27.2 Å². The molecule has 9 heteroatoms. The van der Waals surface area contributed by atoms with Gasteiger partial charge in [0.15, 0.2) is 13.2 Å². The Labute approximate surface area is 172 Å². The minimum absolute atomic E-state index is 0.334. The van der Waals surface area contributed by atoms with Gasteiger partial charge in [-0.2, -0.15) is 0 Å². The highest BCUT2D eigenvalue weighted by Crippen LogP contribution is 2.29. The standard InChI is InChI=1S/C21H24N2O7/c1-2-3-9-22-21(27)23-18(24)11-29-19(25)12-28-13-7-8-15-14-5-4-6-16(14)20(26)30-17(15)10-13/h7-8,10H,2-6,9,11-12H2,1H3,(H2,22,23,24,27). The fraction of sp³-hybridized carbons (Fsp3) is 0.429. The number of carbonyl (C=O) groups excluding carboxylic acids is 3. The molecule has 0 unspecified atom stereocenters. The average molecular weight is 416 g/mol. The zero-order chi connectivity index (χ0) is 21.5. The molecule has 30 heavy (non-hydrogen) atoms. The van der Waals surface area contributed by atoms with Gasteiger partial charge < -0.3 is 19.2 Å². The van der Waals surface area contributed by atoms with Gasteiger partial charge in [0, 0.05) is 23.6 Å². The van der Waals surface area contributed by atoms with E-state index in [1.807, 2.05) is 6.92 Å². The van der Waals surface area contributed by atoms with Crippen molar-refractivity contribution < 1.29 is 28.3 Å². The quantitative estimate of drug-likeness (QED) is 0.382. The second-order valence-electron chi connectivity index (χ2n) is 6.97. The maximum Gasteiger partial charge on any atom is 0.344 e. The summed E-state index contributed by atoms with van der Waals surface area (Å²) in [7, 11) is 0. The van der Waals surface area contributed by atoms with Gasteiger partial charge >= 0.3 is 17.6 Å². The number of esters is 1. The number of unbranched alkanes of at least 4 members (excludes halogenated alkanes) is 1. The number of carbonyl (C=O) groups is 3. The summed E-state index contributed by atoms with van der Waals surface area (Å²) in [5, 5.41) is 5.45. The number of imide groups is 1. The fourth-order valence-electron chi connectivity index (χ4n) is 3.27. The van der Waals surface area contributed by atoms with Crippen LogP contribution >= 0.6 is 0 Å². The number of nitrogens with one attached hydrogen (secondary N) is 2. The first-order valence-electron chi connectivity index (χ1n) is 9.92. The molecule has 2 aromatic rings.